The third-order valence-corrected chi connectivity index (χ3v) is 2.74. The van der Waals surface area contributed by atoms with E-state index >= 15 is 0 Å². The number of carbonyl (C=O) groups excluding carboxylic acids is 1. The standard InChI is InChI=1S/C14H8O3/c15-8-9-5-6-11-13(7-9)17-12-4-2-1-3-10(12)14(11)16/h1-8H. The van der Waals surface area contributed by atoms with Crippen LogP contribution in [0.1, 0.15) is 10.4 Å². The van der Waals surface area contributed by atoms with Gasteiger partial charge in [0.1, 0.15) is 17.5 Å². The summed E-state index contributed by atoms with van der Waals surface area (Å²) < 4.78 is 5.61. The molecule has 0 aliphatic rings. The Labute approximate surface area is 96.3 Å². The molecular formula is C14H8O3. The van der Waals surface area contributed by atoms with Gasteiger partial charge in [-0.15, -0.1) is 0 Å². The summed E-state index contributed by atoms with van der Waals surface area (Å²) in [5.41, 5.74) is 1.40. The fourth-order valence-corrected chi connectivity index (χ4v) is 1.89. The summed E-state index contributed by atoms with van der Waals surface area (Å²) in [6, 6.07) is 11.9. The largest absolute Gasteiger partial charge is 0.456 e. The van der Waals surface area contributed by atoms with E-state index in [2.05, 4.69) is 0 Å². The minimum absolute atomic E-state index is 0.0701. The number of fused-ring (bicyclic) bond motifs is 2. The van der Waals surface area contributed by atoms with Gasteiger partial charge in [0.2, 0.25) is 5.43 Å². The van der Waals surface area contributed by atoms with Gasteiger partial charge in [-0.3, -0.25) is 9.59 Å². The summed E-state index contributed by atoms with van der Waals surface area (Å²) in [7, 11) is 0. The van der Waals surface area contributed by atoms with Crippen molar-refractivity contribution >= 4 is 28.2 Å². The maximum absolute atomic E-state index is 12.1. The molecule has 0 saturated heterocycles. The van der Waals surface area contributed by atoms with Crippen LogP contribution in [0.5, 0.6) is 0 Å². The molecule has 3 heteroatoms. The summed E-state index contributed by atoms with van der Waals surface area (Å²) in [6.45, 7) is 0. The molecule has 0 spiro atoms. The molecule has 1 heterocycles. The molecule has 0 atom stereocenters. The smallest absolute Gasteiger partial charge is 0.200 e. The van der Waals surface area contributed by atoms with Crippen molar-refractivity contribution in [2.75, 3.05) is 0 Å². The second-order valence-electron chi connectivity index (χ2n) is 3.80. The van der Waals surface area contributed by atoms with Gasteiger partial charge >= 0.3 is 0 Å². The number of hydrogen-bond donors (Lipinski definition) is 0. The van der Waals surface area contributed by atoms with Crippen LogP contribution in [0.2, 0.25) is 0 Å². The van der Waals surface area contributed by atoms with Crippen LogP contribution in [0.25, 0.3) is 21.9 Å². The number of aldehydes is 1. The highest BCUT2D eigenvalue weighted by molar-refractivity contribution is 5.92. The van der Waals surface area contributed by atoms with Crippen LogP contribution in [-0.4, -0.2) is 6.29 Å². The molecule has 0 amide bonds. The van der Waals surface area contributed by atoms with Crippen molar-refractivity contribution in [2.45, 2.75) is 0 Å². The molecule has 3 aromatic rings. The quantitative estimate of drug-likeness (QED) is 0.471. The molecule has 0 fully saturated rings. The highest BCUT2D eigenvalue weighted by Crippen LogP contribution is 2.18. The van der Waals surface area contributed by atoms with Gasteiger partial charge in [-0.25, -0.2) is 0 Å². The zero-order chi connectivity index (χ0) is 11.8. The summed E-state index contributed by atoms with van der Waals surface area (Å²) >= 11 is 0. The Morgan fingerprint density at radius 2 is 1.71 bits per heavy atom. The molecule has 0 radical (unpaired) electrons. The minimum atomic E-state index is -0.0701. The minimum Gasteiger partial charge on any atom is -0.456 e. The highest BCUT2D eigenvalue weighted by atomic mass is 16.3. The van der Waals surface area contributed by atoms with Gasteiger partial charge in [0, 0.05) is 5.56 Å². The fraction of sp³-hybridized carbons (Fsp3) is 0. The van der Waals surface area contributed by atoms with Crippen LogP contribution in [0, 0.1) is 0 Å². The first-order valence-corrected chi connectivity index (χ1v) is 5.20. The Kier molecular flexibility index (Phi) is 2.05. The Bertz CT molecular complexity index is 784. The Hall–Kier alpha value is -2.42. The van der Waals surface area contributed by atoms with Crippen LogP contribution in [-0.2, 0) is 0 Å². The van der Waals surface area contributed by atoms with E-state index in [1.807, 2.05) is 0 Å². The van der Waals surface area contributed by atoms with E-state index in [1.54, 1.807) is 42.5 Å². The molecule has 0 N–H and O–H groups in total. The monoisotopic (exact) mass is 224 g/mol. The van der Waals surface area contributed by atoms with Crippen molar-refractivity contribution in [3.63, 3.8) is 0 Å². The van der Waals surface area contributed by atoms with Gasteiger partial charge in [0.05, 0.1) is 10.8 Å². The van der Waals surface area contributed by atoms with Gasteiger partial charge < -0.3 is 4.42 Å². The second kappa shape index (κ2) is 3.56. The lowest BCUT2D eigenvalue weighted by Gasteiger charge is -2.01. The van der Waals surface area contributed by atoms with E-state index in [4.69, 9.17) is 4.42 Å². The van der Waals surface area contributed by atoms with Crippen molar-refractivity contribution in [1.82, 2.24) is 0 Å². The lowest BCUT2D eigenvalue weighted by Crippen LogP contribution is -2.01. The summed E-state index contributed by atoms with van der Waals surface area (Å²) in [5, 5.41) is 1.05. The topological polar surface area (TPSA) is 47.3 Å². The van der Waals surface area contributed by atoms with E-state index in [1.165, 1.54) is 0 Å². The Morgan fingerprint density at radius 1 is 0.941 bits per heavy atom. The average molecular weight is 224 g/mol. The maximum atomic E-state index is 12.1. The Morgan fingerprint density at radius 3 is 2.53 bits per heavy atom. The predicted octanol–water partition coefficient (Wildman–Crippen LogP) is 2.76. The number of carbonyl (C=O) groups is 1. The van der Waals surface area contributed by atoms with E-state index < -0.39 is 0 Å². The molecule has 17 heavy (non-hydrogen) atoms. The SMILES string of the molecule is O=Cc1ccc2c(=O)c3ccccc3oc2c1. The maximum Gasteiger partial charge on any atom is 0.200 e. The van der Waals surface area contributed by atoms with Crippen molar-refractivity contribution in [1.29, 1.82) is 0 Å². The first-order chi connectivity index (χ1) is 8.29. The zero-order valence-corrected chi connectivity index (χ0v) is 8.84. The molecule has 3 rings (SSSR count). The molecule has 2 aromatic carbocycles. The molecular weight excluding hydrogens is 216 g/mol. The summed E-state index contributed by atoms with van der Waals surface area (Å²) in [5.74, 6) is 0. The predicted molar refractivity (Wildman–Crippen MR) is 65.4 cm³/mol. The lowest BCUT2D eigenvalue weighted by atomic mass is 10.1. The molecule has 0 unspecified atom stereocenters. The van der Waals surface area contributed by atoms with Gasteiger partial charge in [0.25, 0.3) is 0 Å². The normalized spacial score (nSPS) is 10.8. The van der Waals surface area contributed by atoms with E-state index in [0.29, 0.717) is 27.5 Å². The molecule has 0 saturated carbocycles. The Balaban J connectivity index is 2.54. The van der Waals surface area contributed by atoms with Crippen LogP contribution in [0.3, 0.4) is 0 Å². The van der Waals surface area contributed by atoms with Gasteiger partial charge in [-0.1, -0.05) is 18.2 Å². The van der Waals surface area contributed by atoms with Gasteiger partial charge in [-0.2, -0.15) is 0 Å². The number of para-hydroxylation sites is 1. The van der Waals surface area contributed by atoms with Crippen molar-refractivity contribution in [3.8, 4) is 0 Å². The van der Waals surface area contributed by atoms with Crippen LogP contribution in [0.4, 0.5) is 0 Å². The van der Waals surface area contributed by atoms with E-state index in [0.717, 1.165) is 6.29 Å². The van der Waals surface area contributed by atoms with E-state index in [-0.39, 0.29) is 5.43 Å². The molecule has 0 bridgehead atoms. The van der Waals surface area contributed by atoms with Crippen LogP contribution in [0.15, 0.2) is 51.7 Å². The molecule has 82 valence electrons. The first-order valence-electron chi connectivity index (χ1n) is 5.20. The molecule has 0 aliphatic carbocycles. The molecule has 0 aliphatic heterocycles. The van der Waals surface area contributed by atoms with Crippen LogP contribution < -0.4 is 5.43 Å². The fourth-order valence-electron chi connectivity index (χ4n) is 1.89. The van der Waals surface area contributed by atoms with Crippen LogP contribution >= 0.6 is 0 Å². The number of rotatable bonds is 1. The second-order valence-corrected chi connectivity index (χ2v) is 3.80. The van der Waals surface area contributed by atoms with Crippen molar-refractivity contribution < 1.29 is 9.21 Å². The van der Waals surface area contributed by atoms with Gasteiger partial charge in [-0.05, 0) is 24.3 Å². The third kappa shape index (κ3) is 1.44. The summed E-state index contributed by atoms with van der Waals surface area (Å²) in [6.07, 6.45) is 0.731. The summed E-state index contributed by atoms with van der Waals surface area (Å²) in [4.78, 5) is 22.8. The molecule has 1 aromatic heterocycles. The van der Waals surface area contributed by atoms with Crippen molar-refractivity contribution in [2.24, 2.45) is 0 Å². The van der Waals surface area contributed by atoms with E-state index in [9.17, 15) is 9.59 Å². The number of hydrogen-bond acceptors (Lipinski definition) is 3. The average Bonchev–Trinajstić information content (AvgIpc) is 2.38. The van der Waals surface area contributed by atoms with Crippen molar-refractivity contribution in [3.05, 3.63) is 58.3 Å². The number of benzene rings is 2. The third-order valence-electron chi connectivity index (χ3n) is 2.74. The molecule has 3 nitrogen and oxygen atoms in total. The lowest BCUT2D eigenvalue weighted by molar-refractivity contribution is 0.112. The van der Waals surface area contributed by atoms with Gasteiger partial charge in [0.15, 0.2) is 0 Å². The highest BCUT2D eigenvalue weighted by Gasteiger charge is 2.07. The first kappa shape index (κ1) is 9.78. The zero-order valence-electron chi connectivity index (χ0n) is 8.84.